The highest BCUT2D eigenvalue weighted by molar-refractivity contribution is 6.00. The summed E-state index contributed by atoms with van der Waals surface area (Å²) in [6, 6.07) is -1.57. The van der Waals surface area contributed by atoms with Crippen molar-refractivity contribution in [1.29, 1.82) is 0 Å². The number of piperidine rings is 1. The van der Waals surface area contributed by atoms with Gasteiger partial charge in [0.2, 0.25) is 11.8 Å². The van der Waals surface area contributed by atoms with Gasteiger partial charge >= 0.3 is 12.0 Å². The Hall–Kier alpha value is -2.32. The van der Waals surface area contributed by atoms with E-state index in [9.17, 15) is 19.2 Å². The standard InChI is InChI=1S/C23H40N4O5/c1-7-11-27-19(28)17(14-15(3)4)24-21(30)23(27)9-12-26(13-10-23)22(31)25-18(16(5)6)20(29)32-8-2/h15-18H,7-14H2,1-6H3,(H,24,30)(H,25,31). The van der Waals surface area contributed by atoms with Crippen LogP contribution in [-0.2, 0) is 19.1 Å². The normalized spacial score (nSPS) is 21.7. The maximum absolute atomic E-state index is 13.2. The Labute approximate surface area is 191 Å². The number of carbonyl (C=O) groups excluding carboxylic acids is 4. The number of hydrogen-bond acceptors (Lipinski definition) is 5. The topological polar surface area (TPSA) is 108 Å². The third-order valence-electron chi connectivity index (χ3n) is 6.33. The number of hydrogen-bond donors (Lipinski definition) is 2. The Morgan fingerprint density at radius 2 is 1.78 bits per heavy atom. The van der Waals surface area contributed by atoms with E-state index in [4.69, 9.17) is 4.74 Å². The number of amides is 4. The molecule has 1 spiro atoms. The first-order valence-corrected chi connectivity index (χ1v) is 11.9. The van der Waals surface area contributed by atoms with Crippen LogP contribution in [0.3, 0.4) is 0 Å². The molecule has 0 aromatic carbocycles. The maximum atomic E-state index is 13.2. The number of nitrogens with zero attached hydrogens (tertiary/aromatic N) is 2. The molecule has 0 aliphatic carbocycles. The Bertz CT molecular complexity index is 701. The lowest BCUT2D eigenvalue weighted by atomic mass is 9.81. The average Bonchev–Trinajstić information content (AvgIpc) is 2.73. The fourth-order valence-corrected chi connectivity index (χ4v) is 4.59. The lowest BCUT2D eigenvalue weighted by Crippen LogP contribution is -2.73. The van der Waals surface area contributed by atoms with Crippen molar-refractivity contribution in [2.24, 2.45) is 11.8 Å². The number of esters is 1. The van der Waals surface area contributed by atoms with Crippen LogP contribution in [-0.4, -0.2) is 77.5 Å². The van der Waals surface area contributed by atoms with Gasteiger partial charge in [0.1, 0.15) is 17.6 Å². The van der Waals surface area contributed by atoms with Crippen LogP contribution in [0.2, 0.25) is 0 Å². The monoisotopic (exact) mass is 452 g/mol. The van der Waals surface area contributed by atoms with Gasteiger partial charge in [0, 0.05) is 19.6 Å². The van der Waals surface area contributed by atoms with E-state index in [0.717, 1.165) is 6.42 Å². The van der Waals surface area contributed by atoms with Gasteiger partial charge in [0.05, 0.1) is 6.61 Å². The molecule has 2 rings (SSSR count). The van der Waals surface area contributed by atoms with Gasteiger partial charge in [-0.1, -0.05) is 34.6 Å². The van der Waals surface area contributed by atoms with Crippen LogP contribution in [0.4, 0.5) is 4.79 Å². The first kappa shape index (κ1) is 25.9. The molecule has 9 heteroatoms. The first-order chi connectivity index (χ1) is 15.1. The van der Waals surface area contributed by atoms with Crippen LogP contribution < -0.4 is 10.6 Å². The van der Waals surface area contributed by atoms with Crippen molar-refractivity contribution in [2.45, 2.75) is 84.8 Å². The molecule has 0 aromatic rings. The number of ether oxygens (including phenoxy) is 1. The Morgan fingerprint density at radius 3 is 2.28 bits per heavy atom. The van der Waals surface area contributed by atoms with Crippen LogP contribution >= 0.6 is 0 Å². The molecular formula is C23H40N4O5. The highest BCUT2D eigenvalue weighted by atomic mass is 16.5. The Morgan fingerprint density at radius 1 is 1.16 bits per heavy atom. The number of rotatable bonds is 8. The molecule has 2 atom stereocenters. The van der Waals surface area contributed by atoms with Crippen LogP contribution in [0.15, 0.2) is 0 Å². The molecule has 2 heterocycles. The second-order valence-corrected chi connectivity index (χ2v) is 9.59. The van der Waals surface area contributed by atoms with Gasteiger partial charge in [-0.2, -0.15) is 0 Å². The summed E-state index contributed by atoms with van der Waals surface area (Å²) in [6.07, 6.45) is 2.12. The minimum Gasteiger partial charge on any atom is -0.464 e. The fourth-order valence-electron chi connectivity index (χ4n) is 4.59. The number of carbonyl (C=O) groups is 4. The van der Waals surface area contributed by atoms with Crippen molar-refractivity contribution in [2.75, 3.05) is 26.2 Å². The van der Waals surface area contributed by atoms with Crippen LogP contribution in [0.1, 0.15) is 67.2 Å². The predicted molar refractivity (Wildman–Crippen MR) is 121 cm³/mol. The lowest BCUT2D eigenvalue weighted by molar-refractivity contribution is -0.161. The molecule has 9 nitrogen and oxygen atoms in total. The van der Waals surface area contributed by atoms with Crippen molar-refractivity contribution in [3.63, 3.8) is 0 Å². The summed E-state index contributed by atoms with van der Waals surface area (Å²) in [6.45, 7) is 12.9. The molecule has 0 saturated carbocycles. The minimum atomic E-state index is -0.921. The second-order valence-electron chi connectivity index (χ2n) is 9.59. The zero-order chi connectivity index (χ0) is 24.1. The van der Waals surface area contributed by atoms with E-state index in [0.29, 0.717) is 44.8 Å². The maximum Gasteiger partial charge on any atom is 0.328 e. The lowest BCUT2D eigenvalue weighted by Gasteiger charge is -2.51. The van der Waals surface area contributed by atoms with Crippen LogP contribution in [0.5, 0.6) is 0 Å². The molecule has 2 saturated heterocycles. The van der Waals surface area contributed by atoms with E-state index < -0.39 is 23.6 Å². The molecule has 4 amide bonds. The summed E-state index contributed by atoms with van der Waals surface area (Å²) in [5, 5.41) is 5.73. The molecule has 2 aliphatic rings. The first-order valence-electron chi connectivity index (χ1n) is 11.9. The molecule has 32 heavy (non-hydrogen) atoms. The van der Waals surface area contributed by atoms with E-state index >= 15 is 0 Å². The van der Waals surface area contributed by atoms with Crippen molar-refractivity contribution in [3.8, 4) is 0 Å². The number of urea groups is 1. The molecule has 0 bridgehead atoms. The zero-order valence-electron chi connectivity index (χ0n) is 20.4. The third-order valence-corrected chi connectivity index (χ3v) is 6.33. The predicted octanol–water partition coefficient (Wildman–Crippen LogP) is 1.90. The van der Waals surface area contributed by atoms with Gasteiger partial charge in [0.15, 0.2) is 0 Å². The molecule has 182 valence electrons. The average molecular weight is 453 g/mol. The number of nitrogens with one attached hydrogen (secondary N) is 2. The molecule has 2 aliphatic heterocycles. The van der Waals surface area contributed by atoms with Gasteiger partial charge in [0.25, 0.3) is 0 Å². The second kappa shape index (κ2) is 11.0. The number of likely N-dealkylation sites (tertiary alicyclic amines) is 1. The van der Waals surface area contributed by atoms with E-state index in [1.165, 1.54) is 0 Å². The van der Waals surface area contributed by atoms with Gasteiger partial charge in [-0.3, -0.25) is 9.59 Å². The summed E-state index contributed by atoms with van der Waals surface area (Å²) in [4.78, 5) is 54.8. The van der Waals surface area contributed by atoms with Crippen molar-refractivity contribution in [3.05, 3.63) is 0 Å². The van der Waals surface area contributed by atoms with Gasteiger partial charge < -0.3 is 25.2 Å². The molecule has 2 fully saturated rings. The Kier molecular flexibility index (Phi) is 8.92. The molecule has 0 aromatic heterocycles. The molecule has 2 unspecified atom stereocenters. The summed E-state index contributed by atoms with van der Waals surface area (Å²) in [5.74, 6) is -0.426. The summed E-state index contributed by atoms with van der Waals surface area (Å²) < 4.78 is 5.08. The SMILES string of the molecule is CCCN1C(=O)C(CC(C)C)NC(=O)C12CCN(C(=O)NC(C(=O)OCC)C(C)C)CC2. The van der Waals surface area contributed by atoms with Crippen LogP contribution in [0.25, 0.3) is 0 Å². The largest absolute Gasteiger partial charge is 0.464 e. The summed E-state index contributed by atoms with van der Waals surface area (Å²) >= 11 is 0. The number of piperazine rings is 1. The van der Waals surface area contributed by atoms with Crippen molar-refractivity contribution in [1.82, 2.24) is 20.4 Å². The fraction of sp³-hybridized carbons (Fsp3) is 0.826. The van der Waals surface area contributed by atoms with Gasteiger partial charge in [-0.25, -0.2) is 9.59 Å². The molecule has 2 N–H and O–H groups in total. The summed E-state index contributed by atoms with van der Waals surface area (Å²) in [7, 11) is 0. The highest BCUT2D eigenvalue weighted by Gasteiger charge is 2.53. The minimum absolute atomic E-state index is 0.0276. The van der Waals surface area contributed by atoms with E-state index in [1.54, 1.807) is 16.7 Å². The summed E-state index contributed by atoms with van der Waals surface area (Å²) in [5.41, 5.74) is -0.921. The molecular weight excluding hydrogens is 412 g/mol. The smallest absolute Gasteiger partial charge is 0.328 e. The Balaban J connectivity index is 2.11. The van der Waals surface area contributed by atoms with E-state index in [-0.39, 0.29) is 30.4 Å². The quantitative estimate of drug-likeness (QED) is 0.547. The van der Waals surface area contributed by atoms with E-state index in [2.05, 4.69) is 10.6 Å². The highest BCUT2D eigenvalue weighted by Crippen LogP contribution is 2.34. The van der Waals surface area contributed by atoms with Crippen LogP contribution in [0, 0.1) is 11.8 Å². The van der Waals surface area contributed by atoms with E-state index in [1.807, 2.05) is 34.6 Å². The van der Waals surface area contributed by atoms with Gasteiger partial charge in [-0.15, -0.1) is 0 Å². The zero-order valence-corrected chi connectivity index (χ0v) is 20.4. The van der Waals surface area contributed by atoms with Gasteiger partial charge in [-0.05, 0) is 44.4 Å². The van der Waals surface area contributed by atoms with Crippen molar-refractivity contribution >= 4 is 23.8 Å². The third kappa shape index (κ3) is 5.53. The van der Waals surface area contributed by atoms with Crippen molar-refractivity contribution < 1.29 is 23.9 Å². The molecule has 0 radical (unpaired) electrons.